The molecule has 11 heteroatoms. The number of hydrogen-bond donors (Lipinski definition) is 2. The van der Waals surface area contributed by atoms with E-state index in [-0.39, 0.29) is 18.8 Å². The Bertz CT molecular complexity index is 1340. The number of aryl methyl sites for hydroxylation is 1. The molecule has 1 heterocycles. The van der Waals surface area contributed by atoms with Gasteiger partial charge in [-0.1, -0.05) is 60.7 Å². The molecule has 2 amide bonds. The zero-order valence-corrected chi connectivity index (χ0v) is 20.4. The first-order valence-corrected chi connectivity index (χ1v) is 11.8. The Morgan fingerprint density at radius 1 is 1.03 bits per heavy atom. The van der Waals surface area contributed by atoms with Crippen LogP contribution in [-0.4, -0.2) is 47.8 Å². The van der Waals surface area contributed by atoms with Gasteiger partial charge in [0.2, 0.25) is 5.96 Å². The lowest BCUT2D eigenvalue weighted by molar-refractivity contribution is -0.274. The maximum Gasteiger partial charge on any atom is 0.573 e. The molecule has 0 aliphatic carbocycles. The fraction of sp³-hybridized carbons (Fsp3) is 0.222. The van der Waals surface area contributed by atoms with Crippen molar-refractivity contribution in [3.05, 3.63) is 90.0 Å². The van der Waals surface area contributed by atoms with Gasteiger partial charge in [0, 0.05) is 19.6 Å². The van der Waals surface area contributed by atoms with Crippen molar-refractivity contribution in [2.45, 2.75) is 19.3 Å². The van der Waals surface area contributed by atoms with Crippen molar-refractivity contribution in [1.82, 2.24) is 15.1 Å². The van der Waals surface area contributed by atoms with Crippen LogP contribution < -0.4 is 15.4 Å². The summed E-state index contributed by atoms with van der Waals surface area (Å²) in [7, 11) is 0. The molecule has 0 radical (unpaired) electrons. The van der Waals surface area contributed by atoms with E-state index in [4.69, 9.17) is 0 Å². The zero-order valence-electron chi connectivity index (χ0n) is 20.4. The van der Waals surface area contributed by atoms with Crippen LogP contribution in [0.2, 0.25) is 0 Å². The van der Waals surface area contributed by atoms with Gasteiger partial charge in [-0.15, -0.1) is 13.2 Å². The quantitative estimate of drug-likeness (QED) is 0.203. The molecule has 0 bridgehead atoms. The number of urea groups is 1. The van der Waals surface area contributed by atoms with Crippen molar-refractivity contribution < 1.29 is 22.7 Å². The zero-order chi connectivity index (χ0) is 27.1. The van der Waals surface area contributed by atoms with Crippen molar-refractivity contribution >= 4 is 23.4 Å². The molecule has 0 aromatic heterocycles. The average molecular weight is 523 g/mol. The molecule has 1 saturated heterocycles. The first kappa shape index (κ1) is 26.3. The van der Waals surface area contributed by atoms with Crippen LogP contribution in [0.25, 0.3) is 0 Å². The lowest BCUT2D eigenvalue weighted by atomic mass is 10.0. The van der Waals surface area contributed by atoms with E-state index < -0.39 is 24.2 Å². The summed E-state index contributed by atoms with van der Waals surface area (Å²) in [5.74, 6) is -0.166. The third kappa shape index (κ3) is 6.53. The molecule has 3 aromatic carbocycles. The van der Waals surface area contributed by atoms with Gasteiger partial charge in [-0.05, 0) is 36.2 Å². The summed E-state index contributed by atoms with van der Waals surface area (Å²) in [5.41, 5.74) is 2.35. The highest BCUT2D eigenvalue weighted by molar-refractivity contribution is 5.92. The molecular weight excluding hydrogens is 497 g/mol. The molecule has 2 N–H and O–H groups in total. The first-order valence-electron chi connectivity index (χ1n) is 11.8. The van der Waals surface area contributed by atoms with Crippen LogP contribution in [0.15, 0.2) is 83.9 Å². The molecule has 1 fully saturated rings. The average Bonchev–Trinajstić information content (AvgIpc) is 2.90. The Hall–Kier alpha value is -4.72. The number of hydrogen-bond acceptors (Lipinski definition) is 4. The van der Waals surface area contributed by atoms with Crippen LogP contribution in [-0.2, 0) is 0 Å². The number of halogens is 3. The number of carbonyl (C=O) groups excluding carboxylic acids is 1. The number of carbonyl (C=O) groups is 1. The van der Waals surface area contributed by atoms with Crippen molar-refractivity contribution in [1.29, 1.82) is 5.26 Å². The third-order valence-corrected chi connectivity index (χ3v) is 5.99. The Morgan fingerprint density at radius 2 is 1.71 bits per heavy atom. The molecule has 0 saturated carbocycles. The summed E-state index contributed by atoms with van der Waals surface area (Å²) in [5, 5.41) is 14.6. The van der Waals surface area contributed by atoms with Crippen molar-refractivity contribution in [2.24, 2.45) is 4.99 Å². The molecule has 8 nitrogen and oxygen atoms in total. The number of nitrogens with zero attached hydrogens (tertiary/aromatic N) is 4. The van der Waals surface area contributed by atoms with Gasteiger partial charge in [0.05, 0.1) is 17.4 Å². The molecule has 1 aliphatic rings. The predicted octanol–water partition coefficient (Wildman–Crippen LogP) is 5.54. The van der Waals surface area contributed by atoms with Crippen LogP contribution in [0.5, 0.6) is 5.75 Å². The third-order valence-electron chi connectivity index (χ3n) is 5.99. The van der Waals surface area contributed by atoms with Gasteiger partial charge < -0.3 is 19.9 Å². The van der Waals surface area contributed by atoms with Gasteiger partial charge in [-0.25, -0.2) is 9.79 Å². The fourth-order valence-corrected chi connectivity index (χ4v) is 4.18. The number of nitrogens with one attached hydrogen (secondary N) is 2. The largest absolute Gasteiger partial charge is 0.573 e. The highest BCUT2D eigenvalue weighted by Crippen LogP contribution is 2.32. The smallest absolute Gasteiger partial charge is 0.404 e. The van der Waals surface area contributed by atoms with E-state index in [1.54, 1.807) is 4.90 Å². The van der Waals surface area contributed by atoms with E-state index in [9.17, 15) is 23.2 Å². The maximum atomic E-state index is 13.4. The minimum absolute atomic E-state index is 0.1000. The number of piperazine rings is 1. The number of benzene rings is 3. The van der Waals surface area contributed by atoms with Crippen LogP contribution >= 0.6 is 0 Å². The minimum Gasteiger partial charge on any atom is -0.404 e. The second-order valence-electron chi connectivity index (χ2n) is 8.50. The van der Waals surface area contributed by atoms with Gasteiger partial charge >= 0.3 is 12.4 Å². The predicted molar refractivity (Wildman–Crippen MR) is 137 cm³/mol. The monoisotopic (exact) mass is 522 g/mol. The van der Waals surface area contributed by atoms with Crippen LogP contribution in [0, 0.1) is 18.4 Å². The molecular formula is C27H25F3N6O2. The number of aliphatic imine (C=N–C) groups is 1. The lowest BCUT2D eigenvalue weighted by Gasteiger charge is -2.42. The molecule has 196 valence electrons. The van der Waals surface area contributed by atoms with E-state index in [1.165, 1.54) is 18.2 Å². The Balaban J connectivity index is 1.61. The second kappa shape index (κ2) is 11.6. The van der Waals surface area contributed by atoms with Gasteiger partial charge in [0.1, 0.15) is 0 Å². The fourth-order valence-electron chi connectivity index (χ4n) is 4.18. The standard InChI is InChI=1S/C27H25F3N6O2/c1-19-9-5-6-12-21(19)33-25(32-18-31)35-15-16-36(23(17-35)20-10-3-2-4-11-20)26(37)34-22-13-7-8-14-24(22)38-27(28,29)30/h2-14,23H,15-17H2,1H3,(H,32,33)(H,34,37). The molecule has 4 rings (SSSR count). The Kier molecular flexibility index (Phi) is 8.01. The molecule has 1 unspecified atom stereocenters. The number of amides is 2. The Labute approximate surface area is 218 Å². The number of para-hydroxylation sites is 3. The SMILES string of the molecule is Cc1ccccc1N=C(NC#N)N1CCN(C(=O)Nc2ccccc2OC(F)(F)F)C(c2ccccc2)C1. The minimum atomic E-state index is -4.90. The van der Waals surface area contributed by atoms with Gasteiger partial charge in [0.25, 0.3) is 0 Å². The van der Waals surface area contributed by atoms with Crippen LogP contribution in [0.3, 0.4) is 0 Å². The van der Waals surface area contributed by atoms with E-state index in [2.05, 4.69) is 20.4 Å². The summed E-state index contributed by atoms with van der Waals surface area (Å²) < 4.78 is 42.7. The van der Waals surface area contributed by atoms with Crippen LogP contribution in [0.4, 0.5) is 29.3 Å². The number of anilines is 1. The van der Waals surface area contributed by atoms with Gasteiger partial charge in [-0.3, -0.25) is 5.32 Å². The summed E-state index contributed by atoms with van der Waals surface area (Å²) in [6, 6.07) is 21.1. The van der Waals surface area contributed by atoms with E-state index >= 15 is 0 Å². The molecule has 1 atom stereocenters. The van der Waals surface area contributed by atoms with Crippen LogP contribution in [0.1, 0.15) is 17.2 Å². The summed E-state index contributed by atoms with van der Waals surface area (Å²) in [6.45, 7) is 2.75. The molecule has 1 aliphatic heterocycles. The van der Waals surface area contributed by atoms with Crippen molar-refractivity contribution in [3.8, 4) is 11.9 Å². The molecule has 38 heavy (non-hydrogen) atoms. The lowest BCUT2D eigenvalue weighted by Crippen LogP contribution is -2.55. The van der Waals surface area contributed by atoms with Crippen molar-refractivity contribution in [2.75, 3.05) is 25.0 Å². The highest BCUT2D eigenvalue weighted by Gasteiger charge is 2.35. The number of guanidine groups is 1. The molecule has 3 aromatic rings. The normalized spacial score (nSPS) is 16.0. The number of rotatable bonds is 4. The molecule has 0 spiro atoms. The van der Waals surface area contributed by atoms with E-state index in [0.717, 1.165) is 17.2 Å². The van der Waals surface area contributed by atoms with Crippen molar-refractivity contribution in [3.63, 3.8) is 0 Å². The van der Waals surface area contributed by atoms with E-state index in [0.29, 0.717) is 18.2 Å². The highest BCUT2D eigenvalue weighted by atomic mass is 19.4. The van der Waals surface area contributed by atoms with Gasteiger partial charge in [-0.2, -0.15) is 5.26 Å². The summed E-state index contributed by atoms with van der Waals surface area (Å²) in [6.07, 6.45) is -2.97. The summed E-state index contributed by atoms with van der Waals surface area (Å²) in [4.78, 5) is 21.4. The number of ether oxygens (including phenoxy) is 1. The Morgan fingerprint density at radius 3 is 2.42 bits per heavy atom. The summed E-state index contributed by atoms with van der Waals surface area (Å²) >= 11 is 0. The van der Waals surface area contributed by atoms with E-state index in [1.807, 2.05) is 72.6 Å². The number of alkyl halides is 3. The second-order valence-corrected chi connectivity index (χ2v) is 8.50. The maximum absolute atomic E-state index is 13.4. The number of nitriles is 1. The van der Waals surface area contributed by atoms with Gasteiger partial charge in [0.15, 0.2) is 11.9 Å². The first-order chi connectivity index (χ1) is 18.2. The topological polar surface area (TPSA) is 93.0 Å².